The van der Waals surface area contributed by atoms with Crippen LogP contribution in [0.15, 0.2) is 6.07 Å². The van der Waals surface area contributed by atoms with Crippen LogP contribution in [0.2, 0.25) is 0 Å². The van der Waals surface area contributed by atoms with Crippen LogP contribution in [0.5, 0.6) is 5.75 Å². The van der Waals surface area contributed by atoms with E-state index in [0.717, 1.165) is 31.8 Å². The highest BCUT2D eigenvalue weighted by Crippen LogP contribution is 2.28. The Bertz CT molecular complexity index is 402. The third-order valence-electron chi connectivity index (χ3n) is 3.69. The molecule has 3 heteroatoms. The number of nitrogens with one attached hydrogen (secondary N) is 2. The average molecular weight is 264 g/mol. The highest BCUT2D eigenvalue weighted by atomic mass is 16.5. The third-order valence-corrected chi connectivity index (χ3v) is 3.69. The van der Waals surface area contributed by atoms with E-state index in [-0.39, 0.29) is 0 Å². The van der Waals surface area contributed by atoms with Gasteiger partial charge in [-0.05, 0) is 82.5 Å². The van der Waals surface area contributed by atoms with Crippen LogP contribution in [0.3, 0.4) is 0 Å². The molecule has 1 aromatic rings. The van der Waals surface area contributed by atoms with Crippen molar-refractivity contribution in [1.29, 1.82) is 0 Å². The van der Waals surface area contributed by atoms with Crippen molar-refractivity contribution in [2.75, 3.05) is 33.8 Å². The summed E-state index contributed by atoms with van der Waals surface area (Å²) in [5.74, 6) is 1.03. The van der Waals surface area contributed by atoms with E-state index >= 15 is 0 Å². The van der Waals surface area contributed by atoms with Crippen LogP contribution in [0.25, 0.3) is 0 Å². The Balaban J connectivity index is 2.55. The van der Waals surface area contributed by atoms with Gasteiger partial charge in [-0.15, -0.1) is 0 Å². The number of methoxy groups -OCH3 is 1. The van der Waals surface area contributed by atoms with Gasteiger partial charge in [-0.1, -0.05) is 6.07 Å². The van der Waals surface area contributed by atoms with Crippen molar-refractivity contribution >= 4 is 0 Å². The molecule has 0 amide bonds. The van der Waals surface area contributed by atoms with Gasteiger partial charge >= 0.3 is 0 Å². The minimum atomic E-state index is 1.03. The summed E-state index contributed by atoms with van der Waals surface area (Å²) in [6.45, 7) is 9.64. The van der Waals surface area contributed by atoms with Crippen molar-refractivity contribution in [1.82, 2.24) is 10.6 Å². The SMILES string of the molecule is CNCCCNCCc1cc(C)c(OC)c(C)c1C. The molecule has 0 aliphatic rings. The van der Waals surface area contributed by atoms with Crippen molar-refractivity contribution in [3.63, 3.8) is 0 Å². The third kappa shape index (κ3) is 4.51. The Labute approximate surface area is 117 Å². The Hall–Kier alpha value is -1.06. The summed E-state index contributed by atoms with van der Waals surface area (Å²) in [6.07, 6.45) is 2.26. The number of ether oxygens (including phenoxy) is 1. The summed E-state index contributed by atoms with van der Waals surface area (Å²) >= 11 is 0. The first-order valence-electron chi connectivity index (χ1n) is 7.10. The van der Waals surface area contributed by atoms with Gasteiger partial charge in [0.15, 0.2) is 0 Å². The smallest absolute Gasteiger partial charge is 0.124 e. The molecule has 0 spiro atoms. The molecule has 0 heterocycles. The van der Waals surface area contributed by atoms with Gasteiger partial charge in [-0.2, -0.15) is 0 Å². The van der Waals surface area contributed by atoms with Crippen LogP contribution in [0.4, 0.5) is 0 Å². The molecule has 0 aromatic heterocycles. The Morgan fingerprint density at radius 3 is 2.42 bits per heavy atom. The minimum absolute atomic E-state index is 1.03. The first-order chi connectivity index (χ1) is 9.11. The predicted molar refractivity (Wildman–Crippen MR) is 82.3 cm³/mol. The zero-order valence-corrected chi connectivity index (χ0v) is 13.0. The summed E-state index contributed by atoms with van der Waals surface area (Å²) in [5, 5.41) is 6.65. The van der Waals surface area contributed by atoms with Crippen molar-refractivity contribution in [3.8, 4) is 5.75 Å². The van der Waals surface area contributed by atoms with E-state index in [0.29, 0.717) is 0 Å². The second kappa shape index (κ2) is 8.18. The standard InChI is InChI=1S/C16H28N2O/c1-12-11-15(7-10-18-9-6-8-17-4)13(2)14(3)16(12)19-5/h11,17-18H,6-10H2,1-5H3. The van der Waals surface area contributed by atoms with Crippen molar-refractivity contribution in [3.05, 3.63) is 28.3 Å². The second-order valence-corrected chi connectivity index (χ2v) is 5.09. The molecule has 19 heavy (non-hydrogen) atoms. The number of benzene rings is 1. The van der Waals surface area contributed by atoms with E-state index in [1.54, 1.807) is 7.11 Å². The van der Waals surface area contributed by atoms with Crippen LogP contribution in [-0.2, 0) is 6.42 Å². The number of hydrogen-bond acceptors (Lipinski definition) is 3. The topological polar surface area (TPSA) is 33.3 Å². The van der Waals surface area contributed by atoms with Crippen LogP contribution < -0.4 is 15.4 Å². The summed E-state index contributed by atoms with van der Waals surface area (Å²) in [4.78, 5) is 0. The Kier molecular flexibility index (Phi) is 6.89. The van der Waals surface area contributed by atoms with E-state index in [2.05, 4.69) is 37.5 Å². The zero-order chi connectivity index (χ0) is 14.3. The van der Waals surface area contributed by atoms with Gasteiger partial charge in [-0.25, -0.2) is 0 Å². The van der Waals surface area contributed by atoms with E-state index in [9.17, 15) is 0 Å². The lowest BCUT2D eigenvalue weighted by atomic mass is 9.96. The molecular formula is C16H28N2O. The largest absolute Gasteiger partial charge is 0.496 e. The highest BCUT2D eigenvalue weighted by Gasteiger charge is 2.10. The van der Waals surface area contributed by atoms with Gasteiger partial charge in [0.05, 0.1) is 7.11 Å². The van der Waals surface area contributed by atoms with E-state index < -0.39 is 0 Å². The van der Waals surface area contributed by atoms with Gasteiger partial charge < -0.3 is 15.4 Å². The van der Waals surface area contributed by atoms with Crippen molar-refractivity contribution < 1.29 is 4.74 Å². The maximum Gasteiger partial charge on any atom is 0.124 e. The van der Waals surface area contributed by atoms with E-state index in [4.69, 9.17) is 4.74 Å². The fraction of sp³-hybridized carbons (Fsp3) is 0.625. The molecule has 3 nitrogen and oxygen atoms in total. The van der Waals surface area contributed by atoms with Gasteiger partial charge in [-0.3, -0.25) is 0 Å². The Morgan fingerprint density at radius 1 is 1.05 bits per heavy atom. The van der Waals surface area contributed by atoms with E-state index in [1.165, 1.54) is 28.7 Å². The highest BCUT2D eigenvalue weighted by molar-refractivity contribution is 5.49. The lowest BCUT2D eigenvalue weighted by Crippen LogP contribution is -2.22. The molecular weight excluding hydrogens is 236 g/mol. The average Bonchev–Trinajstić information content (AvgIpc) is 2.39. The molecule has 1 aromatic carbocycles. The van der Waals surface area contributed by atoms with E-state index in [1.807, 2.05) is 7.05 Å². The van der Waals surface area contributed by atoms with Crippen LogP contribution in [-0.4, -0.2) is 33.8 Å². The molecule has 1 rings (SSSR count). The van der Waals surface area contributed by atoms with Gasteiger partial charge in [0.1, 0.15) is 5.75 Å². The molecule has 0 aliphatic carbocycles. The predicted octanol–water partition coefficient (Wildman–Crippen LogP) is 2.36. The number of aryl methyl sites for hydroxylation is 1. The molecule has 0 fully saturated rings. The molecule has 0 bridgehead atoms. The fourth-order valence-electron chi connectivity index (χ4n) is 2.45. The lowest BCUT2D eigenvalue weighted by Gasteiger charge is -2.16. The first-order valence-corrected chi connectivity index (χ1v) is 7.10. The maximum absolute atomic E-state index is 5.46. The van der Waals surface area contributed by atoms with Gasteiger partial charge in [0, 0.05) is 0 Å². The van der Waals surface area contributed by atoms with Crippen molar-refractivity contribution in [2.45, 2.75) is 33.6 Å². The van der Waals surface area contributed by atoms with Gasteiger partial charge in [0.2, 0.25) is 0 Å². The number of hydrogen-bond donors (Lipinski definition) is 2. The summed E-state index contributed by atoms with van der Waals surface area (Å²) in [7, 11) is 3.74. The monoisotopic (exact) mass is 264 g/mol. The lowest BCUT2D eigenvalue weighted by molar-refractivity contribution is 0.408. The van der Waals surface area contributed by atoms with Crippen LogP contribution in [0, 0.1) is 20.8 Å². The second-order valence-electron chi connectivity index (χ2n) is 5.09. The zero-order valence-electron chi connectivity index (χ0n) is 13.0. The minimum Gasteiger partial charge on any atom is -0.496 e. The van der Waals surface area contributed by atoms with Crippen LogP contribution >= 0.6 is 0 Å². The number of rotatable bonds is 8. The molecule has 0 saturated heterocycles. The first kappa shape index (κ1) is 16.0. The summed E-state index contributed by atoms with van der Waals surface area (Å²) < 4.78 is 5.46. The maximum atomic E-state index is 5.46. The molecule has 0 saturated carbocycles. The molecule has 0 unspecified atom stereocenters. The summed E-state index contributed by atoms with van der Waals surface area (Å²) in [5.41, 5.74) is 5.29. The molecule has 0 atom stereocenters. The van der Waals surface area contributed by atoms with Crippen LogP contribution in [0.1, 0.15) is 28.7 Å². The normalized spacial score (nSPS) is 10.8. The fourth-order valence-corrected chi connectivity index (χ4v) is 2.45. The molecule has 108 valence electrons. The molecule has 2 N–H and O–H groups in total. The quantitative estimate of drug-likeness (QED) is 0.707. The van der Waals surface area contributed by atoms with Crippen molar-refractivity contribution in [2.24, 2.45) is 0 Å². The molecule has 0 radical (unpaired) electrons. The summed E-state index contributed by atoms with van der Waals surface area (Å²) in [6, 6.07) is 2.26. The van der Waals surface area contributed by atoms with Gasteiger partial charge in [0.25, 0.3) is 0 Å². The molecule has 0 aliphatic heterocycles. The Morgan fingerprint density at radius 2 is 1.79 bits per heavy atom.